The molecule has 5 heteroatoms. The summed E-state index contributed by atoms with van der Waals surface area (Å²) in [6.45, 7) is 6.39. The van der Waals surface area contributed by atoms with Gasteiger partial charge in [0.25, 0.3) is 0 Å². The highest BCUT2D eigenvalue weighted by Crippen LogP contribution is 2.25. The van der Waals surface area contributed by atoms with E-state index in [0.717, 1.165) is 60.9 Å². The van der Waals surface area contributed by atoms with Crippen LogP contribution in [0, 0.1) is 6.92 Å². The normalized spacial score (nSPS) is 10.7. The van der Waals surface area contributed by atoms with E-state index < -0.39 is 11.9 Å². The highest BCUT2D eigenvalue weighted by atomic mass is 16.4. The number of nitrogens with zero attached hydrogens (tertiary/aromatic N) is 1. The number of carbonyl (C=O) groups is 2. The van der Waals surface area contributed by atoms with E-state index in [1.54, 1.807) is 0 Å². The van der Waals surface area contributed by atoms with Gasteiger partial charge in [0.1, 0.15) is 0 Å². The lowest BCUT2D eigenvalue weighted by Gasteiger charge is -2.15. The van der Waals surface area contributed by atoms with Gasteiger partial charge in [-0.2, -0.15) is 0 Å². The predicted octanol–water partition coefficient (Wildman–Crippen LogP) is 9.43. The Bertz CT molecular complexity index is 1170. The van der Waals surface area contributed by atoms with E-state index in [1.807, 2.05) is 37.3 Å². The predicted molar refractivity (Wildman–Crippen MR) is 161 cm³/mol. The average molecular weight is 534 g/mol. The summed E-state index contributed by atoms with van der Waals surface area (Å²) in [7, 11) is 0. The van der Waals surface area contributed by atoms with Crippen LogP contribution in [0.2, 0.25) is 0 Å². The Balaban J connectivity index is 0.000000397. The maximum absolute atomic E-state index is 11.9. The highest BCUT2D eigenvalue weighted by Gasteiger charge is 2.22. The molecule has 0 amide bonds. The third kappa shape index (κ3) is 11.2. The van der Waals surface area contributed by atoms with Crippen LogP contribution in [0.3, 0.4) is 0 Å². The van der Waals surface area contributed by atoms with E-state index >= 15 is 0 Å². The van der Waals surface area contributed by atoms with Crippen molar-refractivity contribution in [2.45, 2.75) is 111 Å². The maximum atomic E-state index is 11.9. The van der Waals surface area contributed by atoms with Gasteiger partial charge >= 0.3 is 11.9 Å². The van der Waals surface area contributed by atoms with Crippen molar-refractivity contribution in [2.24, 2.45) is 0 Å². The molecule has 0 saturated heterocycles. The maximum Gasteiger partial charge on any atom is 0.336 e. The molecule has 0 saturated carbocycles. The summed E-state index contributed by atoms with van der Waals surface area (Å²) in [5.41, 5.74) is 3.84. The van der Waals surface area contributed by atoms with Gasteiger partial charge < -0.3 is 10.2 Å². The molecule has 0 unspecified atom stereocenters. The molecule has 0 spiro atoms. The quantitative estimate of drug-likeness (QED) is 0.179. The number of fused-ring (bicyclic) bond motifs is 1. The molecule has 2 N–H and O–H groups in total. The molecular weight excluding hydrogens is 486 g/mol. The van der Waals surface area contributed by atoms with Crippen LogP contribution in [-0.2, 0) is 12.8 Å². The van der Waals surface area contributed by atoms with Gasteiger partial charge in [-0.05, 0) is 61.9 Å². The van der Waals surface area contributed by atoms with Gasteiger partial charge in [-0.25, -0.2) is 9.59 Å². The summed E-state index contributed by atoms with van der Waals surface area (Å²) in [6, 6.07) is 15.6. The molecule has 39 heavy (non-hydrogen) atoms. The third-order valence-electron chi connectivity index (χ3n) is 7.17. The van der Waals surface area contributed by atoms with Crippen molar-refractivity contribution < 1.29 is 19.8 Å². The van der Waals surface area contributed by atoms with Gasteiger partial charge in [0.15, 0.2) is 0 Å². The topological polar surface area (TPSA) is 87.5 Å². The molecule has 3 aromatic rings. The van der Waals surface area contributed by atoms with Crippen molar-refractivity contribution >= 4 is 22.8 Å². The van der Waals surface area contributed by atoms with E-state index in [1.165, 1.54) is 56.4 Å². The van der Waals surface area contributed by atoms with Gasteiger partial charge in [0.05, 0.1) is 16.6 Å². The minimum absolute atomic E-state index is 0.00420. The zero-order valence-electron chi connectivity index (χ0n) is 24.2. The monoisotopic (exact) mass is 533 g/mol. The summed E-state index contributed by atoms with van der Waals surface area (Å²) in [5, 5.41) is 20.3. The Morgan fingerprint density at radius 1 is 0.667 bits per heavy atom. The fraction of sp³-hybridized carbons (Fsp3) is 0.500. The molecule has 3 rings (SSSR count). The number of carboxylic acid groups (broad SMARTS) is 2. The van der Waals surface area contributed by atoms with E-state index in [4.69, 9.17) is 0 Å². The van der Waals surface area contributed by atoms with Gasteiger partial charge in [0.2, 0.25) is 0 Å². The van der Waals surface area contributed by atoms with Crippen LogP contribution in [-0.4, -0.2) is 27.1 Å². The average Bonchev–Trinajstić information content (AvgIpc) is 2.92. The molecule has 212 valence electrons. The molecule has 2 aromatic carbocycles. The first-order chi connectivity index (χ1) is 18.9. The Labute approximate surface area is 234 Å². The second kappa shape index (κ2) is 18.1. The lowest BCUT2D eigenvalue weighted by Crippen LogP contribution is -2.14. The zero-order chi connectivity index (χ0) is 28.5. The van der Waals surface area contributed by atoms with Crippen molar-refractivity contribution in [3.8, 4) is 0 Å². The SMILES string of the molecule is CCCCCCCCc1ccc(C(=O)O)c(C(=O)O)c1CCCCCCCC.Cc1ccc2ccccc2n1. The van der Waals surface area contributed by atoms with Crippen LogP contribution in [0.1, 0.15) is 128 Å². The highest BCUT2D eigenvalue weighted by molar-refractivity contribution is 6.03. The Hall–Kier alpha value is -3.21. The summed E-state index contributed by atoms with van der Waals surface area (Å²) < 4.78 is 0. The molecule has 0 aliphatic heterocycles. The second-order valence-electron chi connectivity index (χ2n) is 10.4. The van der Waals surface area contributed by atoms with Crippen molar-refractivity contribution in [1.82, 2.24) is 4.98 Å². The molecule has 0 aliphatic rings. The fourth-order valence-electron chi connectivity index (χ4n) is 4.98. The molecule has 0 bridgehead atoms. The van der Waals surface area contributed by atoms with Gasteiger partial charge in [-0.1, -0.05) is 108 Å². The summed E-state index contributed by atoms with van der Waals surface area (Å²) in [6.07, 6.45) is 15.4. The number of aryl methyl sites for hydroxylation is 2. The second-order valence-corrected chi connectivity index (χ2v) is 10.4. The van der Waals surface area contributed by atoms with Gasteiger partial charge in [-0.15, -0.1) is 0 Å². The van der Waals surface area contributed by atoms with Gasteiger partial charge in [-0.3, -0.25) is 4.98 Å². The Morgan fingerprint density at radius 3 is 1.87 bits per heavy atom. The molecule has 5 nitrogen and oxygen atoms in total. The number of benzene rings is 2. The lowest BCUT2D eigenvalue weighted by atomic mass is 9.89. The number of pyridine rings is 1. The number of para-hydroxylation sites is 1. The number of hydrogen-bond acceptors (Lipinski definition) is 3. The van der Waals surface area contributed by atoms with Crippen LogP contribution in [0.5, 0.6) is 0 Å². The number of aromatic nitrogens is 1. The number of hydrogen-bond donors (Lipinski definition) is 2. The van der Waals surface area contributed by atoms with E-state index in [9.17, 15) is 19.8 Å². The van der Waals surface area contributed by atoms with Crippen molar-refractivity contribution in [3.05, 3.63) is 76.5 Å². The van der Waals surface area contributed by atoms with E-state index in [2.05, 4.69) is 31.0 Å². The zero-order valence-corrected chi connectivity index (χ0v) is 24.2. The van der Waals surface area contributed by atoms with Crippen LogP contribution in [0.15, 0.2) is 48.5 Å². The van der Waals surface area contributed by atoms with Crippen LogP contribution in [0.4, 0.5) is 0 Å². The first-order valence-corrected chi connectivity index (χ1v) is 14.8. The van der Waals surface area contributed by atoms with Crippen molar-refractivity contribution in [2.75, 3.05) is 0 Å². The smallest absolute Gasteiger partial charge is 0.336 e. The number of aromatic carboxylic acids is 2. The van der Waals surface area contributed by atoms with Crippen LogP contribution in [0.25, 0.3) is 10.9 Å². The standard InChI is InChI=1S/C24H38O4.C10H9N/c1-3-5-7-9-11-13-15-19-17-18-21(23(25)26)22(24(27)28)20(19)16-14-12-10-8-6-4-2;1-8-6-7-9-4-2-3-5-10(9)11-8/h17-18H,3-16H2,1-2H3,(H,25,26)(H,27,28);2-7H,1H3. The van der Waals surface area contributed by atoms with Crippen molar-refractivity contribution in [1.29, 1.82) is 0 Å². The molecule has 1 heterocycles. The third-order valence-corrected chi connectivity index (χ3v) is 7.17. The van der Waals surface area contributed by atoms with Crippen LogP contribution < -0.4 is 0 Å². The number of rotatable bonds is 16. The Kier molecular flexibility index (Phi) is 14.9. The Morgan fingerprint density at radius 2 is 1.26 bits per heavy atom. The molecule has 0 radical (unpaired) electrons. The molecule has 0 atom stereocenters. The molecule has 0 fully saturated rings. The number of carboxylic acids is 2. The first kappa shape index (κ1) is 32.0. The van der Waals surface area contributed by atoms with Gasteiger partial charge in [0, 0.05) is 11.1 Å². The summed E-state index contributed by atoms with van der Waals surface area (Å²) >= 11 is 0. The summed E-state index contributed by atoms with van der Waals surface area (Å²) in [4.78, 5) is 27.8. The largest absolute Gasteiger partial charge is 0.478 e. The lowest BCUT2D eigenvalue weighted by molar-refractivity contribution is 0.0650. The van der Waals surface area contributed by atoms with E-state index in [-0.39, 0.29) is 11.1 Å². The number of unbranched alkanes of at least 4 members (excludes halogenated alkanes) is 10. The van der Waals surface area contributed by atoms with Crippen LogP contribution >= 0.6 is 0 Å². The minimum atomic E-state index is -1.16. The first-order valence-electron chi connectivity index (χ1n) is 14.8. The minimum Gasteiger partial charge on any atom is -0.478 e. The molecule has 0 aliphatic carbocycles. The fourth-order valence-corrected chi connectivity index (χ4v) is 4.98. The van der Waals surface area contributed by atoms with Crippen molar-refractivity contribution in [3.63, 3.8) is 0 Å². The van der Waals surface area contributed by atoms with E-state index in [0.29, 0.717) is 6.42 Å². The molecule has 1 aromatic heterocycles. The summed E-state index contributed by atoms with van der Waals surface area (Å²) in [5.74, 6) is -2.28. The molecular formula is C34H47NO4.